The van der Waals surface area contributed by atoms with Crippen LogP contribution in [0.1, 0.15) is 31.7 Å². The maximum Gasteiger partial charge on any atom is 0.121 e. The lowest BCUT2D eigenvalue weighted by molar-refractivity contribution is 0.414. The summed E-state index contributed by atoms with van der Waals surface area (Å²) in [4.78, 5) is 0. The van der Waals surface area contributed by atoms with Crippen LogP contribution in [0.5, 0.6) is 5.75 Å². The Morgan fingerprint density at radius 1 is 1.22 bits per heavy atom. The fraction of sp³-hybridized carbons (Fsp3) is 0.273. The molecular weight excluding hydrogens is 336 g/mol. The van der Waals surface area contributed by atoms with Crippen molar-refractivity contribution in [3.8, 4) is 22.7 Å². The number of benzene rings is 2. The molecule has 0 saturated heterocycles. The number of ether oxygens (including phenoxy) is 1. The molecule has 0 amide bonds. The summed E-state index contributed by atoms with van der Waals surface area (Å²) in [5.74, 6) is 0.803. The number of methoxy groups -OCH3 is 1. The van der Waals surface area contributed by atoms with Crippen LogP contribution >= 0.6 is 0 Å². The molecular formula is C22H24N4O. The van der Waals surface area contributed by atoms with E-state index < -0.39 is 0 Å². The highest BCUT2D eigenvalue weighted by Crippen LogP contribution is 2.32. The molecule has 0 radical (unpaired) electrons. The van der Waals surface area contributed by atoms with Crippen molar-refractivity contribution in [2.45, 2.75) is 32.2 Å². The van der Waals surface area contributed by atoms with Crippen LogP contribution < -0.4 is 10.1 Å². The summed E-state index contributed by atoms with van der Waals surface area (Å²) in [5.41, 5.74) is 5.73. The van der Waals surface area contributed by atoms with Crippen LogP contribution in [0, 0.1) is 5.41 Å². The Bertz CT molecular complexity index is 972. The van der Waals surface area contributed by atoms with Gasteiger partial charge in [-0.25, -0.2) is 4.68 Å². The van der Waals surface area contributed by atoms with Gasteiger partial charge in [-0.05, 0) is 43.5 Å². The van der Waals surface area contributed by atoms with Crippen molar-refractivity contribution in [2.75, 3.05) is 12.4 Å². The van der Waals surface area contributed by atoms with Crippen molar-refractivity contribution in [1.82, 2.24) is 9.78 Å². The second-order valence-electron chi connectivity index (χ2n) is 6.84. The first-order chi connectivity index (χ1) is 13.2. The lowest BCUT2D eigenvalue weighted by Gasteiger charge is -2.15. The number of nitrogens with zero attached hydrogens (tertiary/aromatic N) is 2. The normalized spacial score (nSPS) is 13.4. The summed E-state index contributed by atoms with van der Waals surface area (Å²) in [6.45, 7) is 2.02. The van der Waals surface area contributed by atoms with Crippen LogP contribution in [0.4, 0.5) is 5.69 Å². The van der Waals surface area contributed by atoms with Gasteiger partial charge >= 0.3 is 0 Å². The minimum atomic E-state index is 0.534. The summed E-state index contributed by atoms with van der Waals surface area (Å²) in [5, 5.41) is 16.4. The van der Waals surface area contributed by atoms with Gasteiger partial charge in [0.05, 0.1) is 24.7 Å². The zero-order valence-electron chi connectivity index (χ0n) is 15.7. The van der Waals surface area contributed by atoms with Gasteiger partial charge in [0.1, 0.15) is 5.75 Å². The Labute approximate surface area is 159 Å². The minimum Gasteiger partial charge on any atom is -0.497 e. The van der Waals surface area contributed by atoms with Crippen molar-refractivity contribution in [3.05, 3.63) is 60.3 Å². The Hall–Kier alpha value is -3.08. The average molecular weight is 360 g/mol. The SMILES string of the molecule is CCC(=N)c1ccc(-c2ccnn2-c2cccc(OC)c2)cc1NC1CC1. The third-order valence-electron chi connectivity index (χ3n) is 4.87. The highest BCUT2D eigenvalue weighted by molar-refractivity contribution is 6.03. The molecule has 1 heterocycles. The molecule has 3 aromatic rings. The first kappa shape index (κ1) is 17.3. The van der Waals surface area contributed by atoms with Gasteiger partial charge in [-0.2, -0.15) is 5.10 Å². The van der Waals surface area contributed by atoms with E-state index in [1.54, 1.807) is 7.11 Å². The lowest BCUT2D eigenvalue weighted by atomic mass is 10.0. The Morgan fingerprint density at radius 3 is 2.81 bits per heavy atom. The molecule has 4 rings (SSSR count). The van der Waals surface area contributed by atoms with E-state index in [0.29, 0.717) is 11.8 Å². The molecule has 5 heteroatoms. The van der Waals surface area contributed by atoms with Crippen molar-refractivity contribution in [2.24, 2.45) is 0 Å². The van der Waals surface area contributed by atoms with Gasteiger partial charge < -0.3 is 15.5 Å². The van der Waals surface area contributed by atoms with E-state index in [9.17, 15) is 0 Å². The Balaban J connectivity index is 1.75. The molecule has 1 fully saturated rings. The maximum absolute atomic E-state index is 8.28. The summed E-state index contributed by atoms with van der Waals surface area (Å²) in [7, 11) is 1.67. The number of hydrogen-bond acceptors (Lipinski definition) is 4. The molecule has 0 aliphatic heterocycles. The largest absolute Gasteiger partial charge is 0.497 e. The summed E-state index contributed by atoms with van der Waals surface area (Å²) in [6, 6.07) is 16.7. The fourth-order valence-electron chi connectivity index (χ4n) is 3.19. The zero-order chi connectivity index (χ0) is 18.8. The highest BCUT2D eigenvalue weighted by atomic mass is 16.5. The molecule has 1 saturated carbocycles. The first-order valence-corrected chi connectivity index (χ1v) is 9.37. The van der Waals surface area contributed by atoms with E-state index >= 15 is 0 Å². The molecule has 0 atom stereocenters. The molecule has 138 valence electrons. The predicted molar refractivity (Wildman–Crippen MR) is 109 cm³/mol. The quantitative estimate of drug-likeness (QED) is 0.589. The fourth-order valence-corrected chi connectivity index (χ4v) is 3.19. The second-order valence-corrected chi connectivity index (χ2v) is 6.84. The van der Waals surface area contributed by atoms with E-state index in [1.807, 2.05) is 48.1 Å². The predicted octanol–water partition coefficient (Wildman–Crippen LogP) is 4.90. The van der Waals surface area contributed by atoms with Gasteiger partial charge in [0.25, 0.3) is 0 Å². The van der Waals surface area contributed by atoms with E-state index in [2.05, 4.69) is 28.6 Å². The third-order valence-corrected chi connectivity index (χ3v) is 4.87. The third kappa shape index (κ3) is 3.58. The summed E-state index contributed by atoms with van der Waals surface area (Å²) in [6.07, 6.45) is 4.93. The zero-order valence-corrected chi connectivity index (χ0v) is 15.7. The van der Waals surface area contributed by atoms with Gasteiger partial charge in [-0.15, -0.1) is 0 Å². The first-order valence-electron chi connectivity index (χ1n) is 9.37. The van der Waals surface area contributed by atoms with Gasteiger partial charge in [-0.1, -0.05) is 25.1 Å². The van der Waals surface area contributed by atoms with E-state index in [0.717, 1.165) is 40.4 Å². The van der Waals surface area contributed by atoms with Crippen LogP contribution in [0.3, 0.4) is 0 Å². The molecule has 0 spiro atoms. The van der Waals surface area contributed by atoms with Gasteiger partial charge in [0.2, 0.25) is 0 Å². The average Bonchev–Trinajstić information content (AvgIpc) is 3.39. The number of nitrogens with one attached hydrogen (secondary N) is 2. The van der Waals surface area contributed by atoms with E-state index in [-0.39, 0.29) is 0 Å². The van der Waals surface area contributed by atoms with Crippen molar-refractivity contribution < 1.29 is 4.74 Å². The molecule has 2 N–H and O–H groups in total. The van der Waals surface area contributed by atoms with Crippen molar-refractivity contribution in [3.63, 3.8) is 0 Å². The van der Waals surface area contributed by atoms with Crippen LogP contribution in [0.2, 0.25) is 0 Å². The summed E-state index contributed by atoms with van der Waals surface area (Å²) >= 11 is 0. The standard InChI is InChI=1S/C22H24N4O/c1-3-20(23)19-10-7-15(13-21(19)25-16-8-9-16)22-11-12-24-26(22)17-5-4-6-18(14-17)27-2/h4-7,10-14,16,23,25H,3,8-9H2,1-2H3. The minimum absolute atomic E-state index is 0.534. The van der Waals surface area contributed by atoms with Crippen LogP contribution in [0.25, 0.3) is 16.9 Å². The van der Waals surface area contributed by atoms with Crippen LogP contribution in [-0.4, -0.2) is 28.6 Å². The van der Waals surface area contributed by atoms with Gasteiger partial charge in [-0.3, -0.25) is 0 Å². The van der Waals surface area contributed by atoms with Gasteiger partial charge in [0.15, 0.2) is 0 Å². The van der Waals surface area contributed by atoms with E-state index in [4.69, 9.17) is 10.1 Å². The van der Waals surface area contributed by atoms with Gasteiger partial charge in [0, 0.05) is 34.6 Å². The van der Waals surface area contributed by atoms with Crippen LogP contribution in [-0.2, 0) is 0 Å². The molecule has 0 unspecified atom stereocenters. The molecule has 27 heavy (non-hydrogen) atoms. The summed E-state index contributed by atoms with van der Waals surface area (Å²) < 4.78 is 7.27. The van der Waals surface area contributed by atoms with Crippen molar-refractivity contribution in [1.29, 1.82) is 5.41 Å². The number of anilines is 1. The number of aromatic nitrogens is 2. The molecule has 1 aliphatic rings. The molecule has 5 nitrogen and oxygen atoms in total. The smallest absolute Gasteiger partial charge is 0.121 e. The Morgan fingerprint density at radius 2 is 2.07 bits per heavy atom. The highest BCUT2D eigenvalue weighted by Gasteiger charge is 2.23. The molecule has 0 bridgehead atoms. The molecule has 2 aromatic carbocycles. The van der Waals surface area contributed by atoms with E-state index in [1.165, 1.54) is 12.8 Å². The maximum atomic E-state index is 8.28. The monoisotopic (exact) mass is 360 g/mol. The second kappa shape index (κ2) is 7.27. The molecule has 1 aliphatic carbocycles. The topological polar surface area (TPSA) is 62.9 Å². The Kier molecular flexibility index (Phi) is 4.67. The number of hydrogen-bond donors (Lipinski definition) is 2. The number of rotatable bonds is 7. The van der Waals surface area contributed by atoms with Crippen LogP contribution in [0.15, 0.2) is 54.7 Å². The molecule has 1 aromatic heterocycles. The lowest BCUT2D eigenvalue weighted by Crippen LogP contribution is -2.08. The van der Waals surface area contributed by atoms with Crippen molar-refractivity contribution >= 4 is 11.4 Å².